The number of benzene rings is 12. The zero-order chi connectivity index (χ0) is 91.4. The van der Waals surface area contributed by atoms with Crippen molar-refractivity contribution in [3.63, 3.8) is 0 Å². The lowest BCUT2D eigenvalue weighted by atomic mass is 9.91. The molecule has 135 heavy (non-hydrogen) atoms. The first-order valence-electron chi connectivity index (χ1n) is 50.3. The Bertz CT molecular complexity index is 6020. The third-order valence-electron chi connectivity index (χ3n) is 30.7. The minimum atomic E-state index is -0.212. The van der Waals surface area contributed by atoms with E-state index < -0.39 is 0 Å². The number of ether oxygens (including phenoxy) is 6. The summed E-state index contributed by atoms with van der Waals surface area (Å²) in [4.78, 5) is 24.4. The molecule has 12 aliphatic carbocycles. The number of hydrogen-bond acceptors (Lipinski definition) is 8. The van der Waals surface area contributed by atoms with Crippen molar-refractivity contribution in [1.29, 1.82) is 0 Å². The fourth-order valence-electron chi connectivity index (χ4n) is 23.3. The molecule has 686 valence electrons. The van der Waals surface area contributed by atoms with E-state index in [9.17, 15) is 9.59 Å². The van der Waals surface area contributed by atoms with Gasteiger partial charge in [0.2, 0.25) is 0 Å². The van der Waals surface area contributed by atoms with Crippen LogP contribution in [0.5, 0.6) is 17.2 Å². The van der Waals surface area contributed by atoms with Gasteiger partial charge in [-0.25, -0.2) is 4.79 Å². The van der Waals surface area contributed by atoms with E-state index in [4.69, 9.17) is 28.4 Å². The quantitative estimate of drug-likeness (QED) is 0.0372. The van der Waals surface area contributed by atoms with Gasteiger partial charge in [0, 0.05) is 17.4 Å². The van der Waals surface area contributed by atoms with Crippen molar-refractivity contribution in [2.75, 3.05) is 33.0 Å². The van der Waals surface area contributed by atoms with Gasteiger partial charge in [0.1, 0.15) is 23.4 Å². The van der Waals surface area contributed by atoms with E-state index in [0.717, 1.165) is 133 Å². The van der Waals surface area contributed by atoms with Crippen LogP contribution in [0.4, 0.5) is 0 Å². The number of carbonyl (C=O) groups is 2. The van der Waals surface area contributed by atoms with Crippen LogP contribution in [-0.2, 0) is 31.8 Å². The molecule has 18 unspecified atom stereocenters. The van der Waals surface area contributed by atoms with Crippen molar-refractivity contribution in [3.05, 3.63) is 416 Å². The molecular weight excluding hydrogens is 1650 g/mol. The lowest BCUT2D eigenvalue weighted by Gasteiger charge is -2.19. The maximum Gasteiger partial charge on any atom is 0.338 e. The molecular formula is C127H130O8. The molecule has 12 aromatic rings. The van der Waals surface area contributed by atoms with Crippen molar-refractivity contribution in [2.24, 2.45) is 94.7 Å². The Hall–Kier alpha value is -12.6. The molecule has 8 heteroatoms. The third kappa shape index (κ3) is 24.2. The monoisotopic (exact) mass is 1780 g/mol. The van der Waals surface area contributed by atoms with Gasteiger partial charge >= 0.3 is 11.9 Å². The molecule has 6 saturated carbocycles. The average Bonchev–Trinajstić information content (AvgIpc) is 1.63. The van der Waals surface area contributed by atoms with Gasteiger partial charge in [-0.05, 0) is 313 Å². The first-order valence-corrected chi connectivity index (χ1v) is 50.3. The molecule has 8 nitrogen and oxygen atoms in total. The zero-order valence-electron chi connectivity index (χ0n) is 78.5. The summed E-state index contributed by atoms with van der Waals surface area (Å²) in [6.45, 7) is 8.24. The number of aryl methyl sites for hydroxylation is 2. The van der Waals surface area contributed by atoms with Gasteiger partial charge in [0.25, 0.3) is 0 Å². The van der Waals surface area contributed by atoms with E-state index >= 15 is 0 Å². The summed E-state index contributed by atoms with van der Waals surface area (Å²) in [5.74, 6) is 14.4. The van der Waals surface area contributed by atoms with E-state index in [0.29, 0.717) is 66.1 Å². The van der Waals surface area contributed by atoms with Gasteiger partial charge in [-0.1, -0.05) is 351 Å². The highest BCUT2D eigenvalue weighted by molar-refractivity contribution is 5.90. The number of rotatable bonds is 27. The highest BCUT2D eigenvalue weighted by atomic mass is 16.5. The molecule has 0 radical (unpaired) electrons. The molecule has 0 amide bonds. The maximum absolute atomic E-state index is 12.2. The van der Waals surface area contributed by atoms with Crippen LogP contribution in [0.1, 0.15) is 123 Å². The third-order valence-corrected chi connectivity index (χ3v) is 30.7. The van der Waals surface area contributed by atoms with Crippen LogP contribution in [0.3, 0.4) is 0 Å². The van der Waals surface area contributed by atoms with Crippen LogP contribution in [0, 0.1) is 109 Å². The van der Waals surface area contributed by atoms with E-state index in [2.05, 4.69) is 317 Å². The number of esters is 2. The summed E-state index contributed by atoms with van der Waals surface area (Å²) < 4.78 is 35.4. The van der Waals surface area contributed by atoms with Crippen molar-refractivity contribution in [3.8, 4) is 84.0 Å². The molecule has 0 aromatic heterocycles. The summed E-state index contributed by atoms with van der Waals surface area (Å²) >= 11 is 0. The lowest BCUT2D eigenvalue weighted by molar-refractivity contribution is -0.149. The predicted molar refractivity (Wildman–Crippen MR) is 550 cm³/mol. The van der Waals surface area contributed by atoms with Crippen LogP contribution in [0.2, 0.25) is 0 Å². The van der Waals surface area contributed by atoms with E-state index in [1.165, 1.54) is 149 Å². The summed E-state index contributed by atoms with van der Waals surface area (Å²) in [6.07, 6.45) is 47.8. The normalized spacial score (nSPS) is 25.2. The maximum atomic E-state index is 12.2. The number of carbonyl (C=O) groups excluding carboxylic acids is 2. The van der Waals surface area contributed by atoms with Crippen molar-refractivity contribution < 1.29 is 38.0 Å². The molecule has 24 rings (SSSR count). The molecule has 0 aliphatic heterocycles. The Morgan fingerprint density at radius 3 is 1.10 bits per heavy atom. The van der Waals surface area contributed by atoms with Gasteiger partial charge in [0.05, 0.1) is 51.1 Å². The van der Waals surface area contributed by atoms with E-state index in [1.807, 2.05) is 84.9 Å². The van der Waals surface area contributed by atoms with Gasteiger partial charge in [-0.15, -0.1) is 0 Å². The second-order valence-corrected chi connectivity index (χ2v) is 39.9. The predicted octanol–water partition coefficient (Wildman–Crippen LogP) is 30.2. The minimum Gasteiger partial charge on any atom is -0.494 e. The summed E-state index contributed by atoms with van der Waals surface area (Å²) in [7, 11) is 0. The second-order valence-electron chi connectivity index (χ2n) is 39.9. The van der Waals surface area contributed by atoms with Crippen LogP contribution < -0.4 is 14.2 Å². The zero-order valence-corrected chi connectivity index (χ0v) is 78.5. The summed E-state index contributed by atoms with van der Waals surface area (Å²) in [5, 5.41) is 0. The Kier molecular flexibility index (Phi) is 30.3. The van der Waals surface area contributed by atoms with Crippen LogP contribution in [0.15, 0.2) is 388 Å². The summed E-state index contributed by atoms with van der Waals surface area (Å²) in [6, 6.07) is 109. The number of hydrogen-bond donors (Lipinski definition) is 0. The van der Waals surface area contributed by atoms with Gasteiger partial charge in [-0.3, -0.25) is 4.79 Å². The molecule has 12 aromatic carbocycles. The SMILES string of the molecule is C1=CC2CC1CC2CCOc1ccc(-c2ccccc2)cc1.C1=CC2CC1CC2CCOc1ccccc1-c1ccccc1.C1=CC2CC1CC2COc1ccc(-c2ccccc2)cc1.Cc1ccc(-c2ccc(CCOC3CC4C=CC3C4)cc2)c(C)c1.O=C(Cc1ccc(-c2ccccc2)cc1)OC1CC2C=CC1C2.O=C(OCC1CC2C=CC1C2)c1ccc(-c2ccccc2)cc1. The Balaban J connectivity index is 0.000000104. The minimum absolute atomic E-state index is 0.0982. The highest BCUT2D eigenvalue weighted by Gasteiger charge is 2.41. The number of fused-ring (bicyclic) bond motifs is 12. The molecule has 18 atom stereocenters. The molecule has 0 N–H and O–H groups in total. The van der Waals surface area contributed by atoms with Crippen molar-refractivity contribution >= 4 is 11.9 Å². The van der Waals surface area contributed by atoms with E-state index in [-0.39, 0.29) is 18.0 Å². The van der Waals surface area contributed by atoms with Crippen molar-refractivity contribution in [2.45, 2.75) is 129 Å². The van der Waals surface area contributed by atoms with Crippen LogP contribution in [0.25, 0.3) is 66.8 Å². The standard InChI is InChI=1S/C23H26O.2C21H20O2.2C21H22O.C20H20O/c1-16-3-10-22(17(2)13-16)20-7-4-18(5-8-20)11-12-24-23-15-19-6-9-21(23)14-19;22-21(23-20-13-16-8-11-19(20)12-16)14-15-6-9-18(10-7-15)17-4-2-1-3-5-17;22-21(23-14-20-13-15-6-7-19(20)12-15)18-10-8-17(9-11-18)16-4-2-1-3-5-16;1-2-6-17(7-3-1)20-8-4-5-9-21(20)22-13-12-19-15-16-10-11-18(19)14-16;1-2-4-17(5-3-1)18-8-10-21(11-9-18)22-13-12-20-15-16-6-7-19(20)14-16;1-2-4-16(5-3-1)17-8-10-20(11-9-17)21-14-19-13-15-6-7-18(19)12-15/h3-10,13,19,21,23H,11-12,14-15H2,1-2H3;1-11,16,19-20H,12-14H2;1-11,15,19-20H,12-14H2;1-11,16,18-19H,12-15H2;1-11,16,19-20H,12-15H2;1-11,15,18-19H,12-14H2. The van der Waals surface area contributed by atoms with Crippen molar-refractivity contribution in [1.82, 2.24) is 0 Å². The average molecular weight is 1780 g/mol. The lowest BCUT2D eigenvalue weighted by Crippen LogP contribution is -2.23. The van der Waals surface area contributed by atoms with Gasteiger partial charge < -0.3 is 28.4 Å². The molecule has 0 spiro atoms. The molecule has 12 aliphatic rings. The van der Waals surface area contributed by atoms with Crippen LogP contribution in [-0.4, -0.2) is 57.2 Å². The fourth-order valence-corrected chi connectivity index (χ4v) is 23.3. The molecule has 0 saturated heterocycles. The Morgan fingerprint density at radius 1 is 0.289 bits per heavy atom. The highest BCUT2D eigenvalue weighted by Crippen LogP contribution is 2.49. The summed E-state index contributed by atoms with van der Waals surface area (Å²) in [5.41, 5.74) is 20.3. The van der Waals surface area contributed by atoms with Gasteiger partial charge in [-0.2, -0.15) is 0 Å². The topological polar surface area (TPSA) is 89.5 Å². The molecule has 12 bridgehead atoms. The fraction of sp³-hybridized carbons (Fsp3) is 0.323. The van der Waals surface area contributed by atoms with Crippen LogP contribution >= 0.6 is 0 Å². The second kappa shape index (κ2) is 44.7. The Morgan fingerprint density at radius 2 is 0.659 bits per heavy atom. The molecule has 0 heterocycles. The largest absolute Gasteiger partial charge is 0.494 e. The smallest absolute Gasteiger partial charge is 0.338 e. The Labute approximate surface area is 801 Å². The number of para-hydroxylation sites is 1. The number of allylic oxidation sites excluding steroid dienone is 10. The molecule has 6 fully saturated rings. The first-order chi connectivity index (χ1) is 66.4. The first kappa shape index (κ1) is 91.5. The van der Waals surface area contributed by atoms with E-state index in [1.54, 1.807) is 0 Å². The van der Waals surface area contributed by atoms with Gasteiger partial charge in [0.15, 0.2) is 0 Å².